The maximum Gasteiger partial charge on any atom is 0.416 e. The fourth-order valence-electron chi connectivity index (χ4n) is 5.01. The Labute approximate surface area is 248 Å². The smallest absolute Gasteiger partial charge is 0.340 e. The van der Waals surface area contributed by atoms with Gasteiger partial charge in [0, 0.05) is 34.3 Å². The van der Waals surface area contributed by atoms with Crippen LogP contribution in [0.5, 0.6) is 0 Å². The van der Waals surface area contributed by atoms with Crippen LogP contribution >= 0.6 is 23.2 Å². The molecular weight excluding hydrogens is 584 g/mol. The van der Waals surface area contributed by atoms with E-state index >= 15 is 0 Å². The van der Waals surface area contributed by atoms with E-state index in [0.29, 0.717) is 27.5 Å². The third-order valence-electron chi connectivity index (χ3n) is 7.11. The Morgan fingerprint density at radius 2 is 1.62 bits per heavy atom. The van der Waals surface area contributed by atoms with E-state index in [-0.39, 0.29) is 11.4 Å². The largest absolute Gasteiger partial charge is 0.416 e. The standard InChI is InChI=1S/C32H21Cl2F3N4O/c1-19-25(23-9-3-5-12-29(23)40(19)18-20-13-14-26(33)27(34)15-20)17-38-41-30(21-7-6-8-22(16-21)32(35,36)37)39-28-11-4-2-10-24(28)31(41)42/h2-17H,18H2,1H3. The molecule has 0 amide bonds. The van der Waals surface area contributed by atoms with Crippen LogP contribution in [0.3, 0.4) is 0 Å². The minimum Gasteiger partial charge on any atom is -0.340 e. The van der Waals surface area contributed by atoms with Crippen molar-refractivity contribution in [1.82, 2.24) is 14.2 Å². The number of alkyl halides is 3. The molecule has 10 heteroatoms. The van der Waals surface area contributed by atoms with E-state index in [1.165, 1.54) is 12.1 Å². The number of benzene rings is 4. The number of aromatic nitrogens is 3. The second-order valence-electron chi connectivity index (χ2n) is 9.74. The Hall–Kier alpha value is -4.40. The number of rotatable bonds is 5. The molecule has 6 aromatic rings. The molecule has 2 heterocycles. The van der Waals surface area contributed by atoms with Crippen LogP contribution in [0.15, 0.2) is 101 Å². The molecule has 0 atom stereocenters. The summed E-state index contributed by atoms with van der Waals surface area (Å²) in [5, 5.41) is 6.64. The minimum atomic E-state index is -4.56. The van der Waals surface area contributed by atoms with Gasteiger partial charge < -0.3 is 4.57 Å². The number of halogens is 5. The lowest BCUT2D eigenvalue weighted by Crippen LogP contribution is -2.20. The van der Waals surface area contributed by atoms with Crippen molar-refractivity contribution in [2.45, 2.75) is 19.6 Å². The van der Waals surface area contributed by atoms with E-state index in [0.717, 1.165) is 44.5 Å². The molecule has 0 saturated heterocycles. The monoisotopic (exact) mass is 604 g/mol. The Bertz CT molecular complexity index is 2080. The highest BCUT2D eigenvalue weighted by molar-refractivity contribution is 6.42. The number of para-hydroxylation sites is 2. The first-order chi connectivity index (χ1) is 20.1. The first-order valence-electron chi connectivity index (χ1n) is 12.9. The summed E-state index contributed by atoms with van der Waals surface area (Å²) >= 11 is 12.4. The topological polar surface area (TPSA) is 52.2 Å². The van der Waals surface area contributed by atoms with E-state index in [1.807, 2.05) is 43.3 Å². The molecule has 5 nitrogen and oxygen atoms in total. The molecule has 210 valence electrons. The predicted molar refractivity (Wildman–Crippen MR) is 162 cm³/mol. The van der Waals surface area contributed by atoms with E-state index in [4.69, 9.17) is 23.2 Å². The lowest BCUT2D eigenvalue weighted by atomic mass is 10.1. The predicted octanol–water partition coefficient (Wildman–Crippen LogP) is 8.58. The molecule has 0 unspecified atom stereocenters. The summed E-state index contributed by atoms with van der Waals surface area (Å²) in [5.41, 5.74) is 2.62. The highest BCUT2D eigenvalue weighted by Gasteiger charge is 2.31. The van der Waals surface area contributed by atoms with Crippen LogP contribution in [0.25, 0.3) is 33.2 Å². The molecule has 2 aromatic heterocycles. The normalized spacial score (nSPS) is 12.1. The molecule has 0 radical (unpaired) electrons. The maximum atomic E-state index is 13.6. The van der Waals surface area contributed by atoms with Gasteiger partial charge in [0.2, 0.25) is 0 Å². The van der Waals surface area contributed by atoms with Crippen LogP contribution in [-0.4, -0.2) is 20.4 Å². The molecule has 0 spiro atoms. The molecule has 0 N–H and O–H groups in total. The van der Waals surface area contributed by atoms with Gasteiger partial charge in [-0.25, -0.2) is 4.98 Å². The number of nitrogens with zero attached hydrogens (tertiary/aromatic N) is 4. The minimum absolute atomic E-state index is 0.00162. The second-order valence-corrected chi connectivity index (χ2v) is 10.6. The summed E-state index contributed by atoms with van der Waals surface area (Å²) in [6, 6.07) is 24.6. The molecule has 4 aromatic carbocycles. The van der Waals surface area contributed by atoms with Crippen molar-refractivity contribution in [3.05, 3.63) is 134 Å². The van der Waals surface area contributed by atoms with Gasteiger partial charge in [0.25, 0.3) is 5.56 Å². The fraction of sp³-hybridized carbons (Fsp3) is 0.0938. The van der Waals surface area contributed by atoms with Gasteiger partial charge in [-0.05, 0) is 55.0 Å². The average molecular weight is 605 g/mol. The van der Waals surface area contributed by atoms with Crippen molar-refractivity contribution in [2.75, 3.05) is 0 Å². The van der Waals surface area contributed by atoms with E-state index in [1.54, 1.807) is 36.5 Å². The van der Waals surface area contributed by atoms with E-state index in [9.17, 15) is 18.0 Å². The lowest BCUT2D eigenvalue weighted by molar-refractivity contribution is -0.137. The van der Waals surface area contributed by atoms with Gasteiger partial charge in [0.15, 0.2) is 5.82 Å². The van der Waals surface area contributed by atoms with Crippen molar-refractivity contribution in [3.8, 4) is 11.4 Å². The van der Waals surface area contributed by atoms with Crippen molar-refractivity contribution in [1.29, 1.82) is 0 Å². The molecule has 0 aliphatic rings. The molecule has 6 rings (SSSR count). The highest BCUT2D eigenvalue weighted by atomic mass is 35.5. The molecule has 0 aliphatic carbocycles. The van der Waals surface area contributed by atoms with Crippen LogP contribution < -0.4 is 5.56 Å². The van der Waals surface area contributed by atoms with Crippen LogP contribution in [-0.2, 0) is 12.7 Å². The van der Waals surface area contributed by atoms with Gasteiger partial charge >= 0.3 is 6.18 Å². The number of fused-ring (bicyclic) bond motifs is 2. The van der Waals surface area contributed by atoms with Crippen LogP contribution in [0.2, 0.25) is 10.0 Å². The fourth-order valence-corrected chi connectivity index (χ4v) is 5.33. The third kappa shape index (κ3) is 5.08. The van der Waals surface area contributed by atoms with Crippen LogP contribution in [0, 0.1) is 6.92 Å². The summed E-state index contributed by atoms with van der Waals surface area (Å²) in [6.07, 6.45) is -3.01. The Morgan fingerprint density at radius 1 is 0.881 bits per heavy atom. The molecule has 0 fully saturated rings. The average Bonchev–Trinajstić information content (AvgIpc) is 3.24. The van der Waals surface area contributed by atoms with E-state index < -0.39 is 17.3 Å². The molecule has 0 aliphatic heterocycles. The summed E-state index contributed by atoms with van der Waals surface area (Å²) in [6.45, 7) is 2.44. The lowest BCUT2D eigenvalue weighted by Gasteiger charge is -2.12. The first kappa shape index (κ1) is 27.8. The summed E-state index contributed by atoms with van der Waals surface area (Å²) < 4.78 is 43.8. The zero-order chi connectivity index (χ0) is 29.6. The quantitative estimate of drug-likeness (QED) is 0.185. The highest BCUT2D eigenvalue weighted by Crippen LogP contribution is 2.32. The number of hydrogen-bond donors (Lipinski definition) is 0. The first-order valence-corrected chi connectivity index (χ1v) is 13.6. The van der Waals surface area contributed by atoms with E-state index in [2.05, 4.69) is 14.7 Å². The van der Waals surface area contributed by atoms with Crippen LogP contribution in [0.1, 0.15) is 22.4 Å². The number of hydrogen-bond acceptors (Lipinski definition) is 3. The van der Waals surface area contributed by atoms with Crippen molar-refractivity contribution < 1.29 is 13.2 Å². The van der Waals surface area contributed by atoms with Gasteiger partial charge in [0.1, 0.15) is 0 Å². The summed E-state index contributed by atoms with van der Waals surface area (Å²) in [4.78, 5) is 18.2. The zero-order valence-electron chi connectivity index (χ0n) is 22.0. The second kappa shape index (κ2) is 10.8. The van der Waals surface area contributed by atoms with Crippen molar-refractivity contribution in [2.24, 2.45) is 5.10 Å². The molecule has 0 saturated carbocycles. The van der Waals surface area contributed by atoms with Crippen LogP contribution in [0.4, 0.5) is 13.2 Å². The summed E-state index contributed by atoms with van der Waals surface area (Å²) in [7, 11) is 0. The maximum absolute atomic E-state index is 13.6. The molecule has 0 bridgehead atoms. The third-order valence-corrected chi connectivity index (χ3v) is 7.85. The Balaban J connectivity index is 1.52. The van der Waals surface area contributed by atoms with Gasteiger partial charge in [0.05, 0.1) is 32.7 Å². The van der Waals surface area contributed by atoms with Gasteiger partial charge in [-0.1, -0.05) is 71.7 Å². The summed E-state index contributed by atoms with van der Waals surface area (Å²) in [5.74, 6) is -0.00162. The molecule has 42 heavy (non-hydrogen) atoms. The SMILES string of the molecule is Cc1c(C=Nn2c(-c3cccc(C(F)(F)F)c3)nc3ccccc3c2=O)c2ccccc2n1Cc1ccc(Cl)c(Cl)c1. The van der Waals surface area contributed by atoms with Gasteiger partial charge in [-0.15, -0.1) is 0 Å². The van der Waals surface area contributed by atoms with Gasteiger partial charge in [-0.2, -0.15) is 22.9 Å². The Morgan fingerprint density at radius 3 is 2.38 bits per heavy atom. The van der Waals surface area contributed by atoms with Crippen molar-refractivity contribution in [3.63, 3.8) is 0 Å². The van der Waals surface area contributed by atoms with Crippen molar-refractivity contribution >= 4 is 51.2 Å². The zero-order valence-corrected chi connectivity index (χ0v) is 23.5. The Kier molecular flexibility index (Phi) is 7.12. The van der Waals surface area contributed by atoms with Gasteiger partial charge in [-0.3, -0.25) is 4.79 Å². The molecular formula is C32H21Cl2F3N4O.